The van der Waals surface area contributed by atoms with Crippen molar-refractivity contribution < 1.29 is 9.90 Å². The summed E-state index contributed by atoms with van der Waals surface area (Å²) < 4.78 is 1.42. The van der Waals surface area contributed by atoms with Gasteiger partial charge in [-0.1, -0.05) is 18.2 Å². The van der Waals surface area contributed by atoms with Gasteiger partial charge in [0.2, 0.25) is 0 Å². The molecule has 0 aliphatic carbocycles. The molecule has 0 unspecified atom stereocenters. The van der Waals surface area contributed by atoms with Crippen molar-refractivity contribution in [3.63, 3.8) is 0 Å². The van der Waals surface area contributed by atoms with E-state index in [2.05, 4.69) is 20.3 Å². The van der Waals surface area contributed by atoms with E-state index in [1.807, 2.05) is 32.0 Å². The Kier molecular flexibility index (Phi) is 5.61. The largest absolute Gasteiger partial charge is 0.478 e. The number of H-pyrrole nitrogens is 2. The van der Waals surface area contributed by atoms with E-state index in [1.165, 1.54) is 10.7 Å². The first-order chi connectivity index (χ1) is 15.7. The number of aryl methyl sites for hydroxylation is 3. The van der Waals surface area contributed by atoms with E-state index in [0.717, 1.165) is 17.3 Å². The smallest absolute Gasteiger partial charge is 0.337 e. The van der Waals surface area contributed by atoms with E-state index in [0.29, 0.717) is 22.6 Å². The molecule has 0 bridgehead atoms. The van der Waals surface area contributed by atoms with E-state index < -0.39 is 11.5 Å². The highest BCUT2D eigenvalue weighted by Gasteiger charge is 2.13. The molecule has 2 heterocycles. The maximum Gasteiger partial charge on any atom is 0.337 e. The van der Waals surface area contributed by atoms with Crippen molar-refractivity contribution in [2.45, 2.75) is 20.8 Å². The van der Waals surface area contributed by atoms with Gasteiger partial charge in [0.1, 0.15) is 0 Å². The molecule has 166 valence electrons. The van der Waals surface area contributed by atoms with Crippen molar-refractivity contribution in [3.05, 3.63) is 97.8 Å². The highest BCUT2D eigenvalue weighted by molar-refractivity contribution is 5.88. The molecule has 0 atom stereocenters. The number of hydrogen-bond donors (Lipinski definition) is 3. The van der Waals surface area contributed by atoms with Crippen molar-refractivity contribution >= 4 is 17.3 Å². The predicted molar refractivity (Wildman–Crippen MR) is 124 cm³/mol. The zero-order valence-electron chi connectivity index (χ0n) is 18.2. The first kappa shape index (κ1) is 21.7. The van der Waals surface area contributed by atoms with E-state index in [4.69, 9.17) is 0 Å². The Morgan fingerprint density at radius 3 is 2.48 bits per heavy atom. The van der Waals surface area contributed by atoms with Crippen LogP contribution in [0.15, 0.2) is 74.5 Å². The average Bonchev–Trinajstić information content (AvgIpc) is 3.07. The molecule has 2 aromatic carbocycles. The lowest BCUT2D eigenvalue weighted by atomic mass is 10.1. The second kappa shape index (κ2) is 8.54. The Morgan fingerprint density at radius 1 is 0.970 bits per heavy atom. The van der Waals surface area contributed by atoms with Gasteiger partial charge in [0.15, 0.2) is 5.69 Å². The van der Waals surface area contributed by atoms with E-state index in [9.17, 15) is 19.5 Å². The molecule has 9 heteroatoms. The fourth-order valence-electron chi connectivity index (χ4n) is 3.37. The van der Waals surface area contributed by atoms with Crippen molar-refractivity contribution in [1.82, 2.24) is 14.8 Å². The number of carboxylic acids is 1. The van der Waals surface area contributed by atoms with Gasteiger partial charge < -0.3 is 10.1 Å². The number of aromatic carboxylic acids is 1. The minimum atomic E-state index is -1.15. The van der Waals surface area contributed by atoms with Crippen LogP contribution in [-0.2, 0) is 0 Å². The zero-order chi connectivity index (χ0) is 23.7. The molecule has 0 aliphatic rings. The SMILES string of the molecule is Cc1ccc(-n2[nH]c(C)c(N=Nc3cccc(-c4cc(C(=O)O)c[nH]c4=O)c3)c2=O)cc1C. The maximum atomic E-state index is 12.9. The van der Waals surface area contributed by atoms with Crippen LogP contribution in [0.3, 0.4) is 0 Å². The first-order valence-corrected chi connectivity index (χ1v) is 10.1. The van der Waals surface area contributed by atoms with Gasteiger partial charge in [0.25, 0.3) is 11.1 Å². The van der Waals surface area contributed by atoms with Crippen LogP contribution in [0.2, 0.25) is 0 Å². The van der Waals surface area contributed by atoms with Crippen LogP contribution in [0.25, 0.3) is 16.8 Å². The molecule has 0 spiro atoms. The Balaban J connectivity index is 1.69. The van der Waals surface area contributed by atoms with Crippen LogP contribution >= 0.6 is 0 Å². The van der Waals surface area contributed by atoms with Gasteiger partial charge in [0, 0.05) is 11.8 Å². The topological polar surface area (TPSA) is 133 Å². The molecule has 3 N–H and O–H groups in total. The summed E-state index contributed by atoms with van der Waals surface area (Å²) >= 11 is 0. The molecule has 0 fully saturated rings. The summed E-state index contributed by atoms with van der Waals surface area (Å²) in [4.78, 5) is 38.8. The van der Waals surface area contributed by atoms with Crippen LogP contribution in [-0.4, -0.2) is 25.8 Å². The van der Waals surface area contributed by atoms with Crippen molar-refractivity contribution in [1.29, 1.82) is 0 Å². The summed E-state index contributed by atoms with van der Waals surface area (Å²) in [7, 11) is 0. The third kappa shape index (κ3) is 4.29. The lowest BCUT2D eigenvalue weighted by Gasteiger charge is -2.05. The number of rotatable bonds is 5. The molecule has 0 radical (unpaired) electrons. The highest BCUT2D eigenvalue weighted by atomic mass is 16.4. The normalized spacial score (nSPS) is 11.2. The Morgan fingerprint density at radius 2 is 1.76 bits per heavy atom. The fraction of sp³-hybridized carbons (Fsp3) is 0.125. The minimum absolute atomic E-state index is 0.0357. The van der Waals surface area contributed by atoms with Gasteiger partial charge in [-0.15, -0.1) is 5.11 Å². The summed E-state index contributed by atoms with van der Waals surface area (Å²) in [5, 5.41) is 20.5. The summed E-state index contributed by atoms with van der Waals surface area (Å²) in [6.07, 6.45) is 1.15. The Bertz CT molecular complexity index is 1520. The third-order valence-electron chi connectivity index (χ3n) is 5.36. The number of nitrogens with zero attached hydrogens (tertiary/aromatic N) is 3. The van der Waals surface area contributed by atoms with Crippen LogP contribution in [0.4, 0.5) is 11.4 Å². The number of pyridine rings is 1. The van der Waals surface area contributed by atoms with Gasteiger partial charge >= 0.3 is 5.97 Å². The van der Waals surface area contributed by atoms with Gasteiger partial charge in [0.05, 0.1) is 22.6 Å². The third-order valence-corrected chi connectivity index (χ3v) is 5.36. The number of azo groups is 1. The second-order valence-electron chi connectivity index (χ2n) is 7.68. The zero-order valence-corrected chi connectivity index (χ0v) is 18.2. The molecule has 0 amide bonds. The maximum absolute atomic E-state index is 12.9. The van der Waals surface area contributed by atoms with Gasteiger partial charge in [-0.25, -0.2) is 9.48 Å². The highest BCUT2D eigenvalue weighted by Crippen LogP contribution is 2.24. The lowest BCUT2D eigenvalue weighted by molar-refractivity contribution is 0.0696. The molecule has 0 aliphatic heterocycles. The average molecular weight is 443 g/mol. The Labute approximate surface area is 188 Å². The first-order valence-electron chi connectivity index (χ1n) is 10.1. The van der Waals surface area contributed by atoms with Crippen LogP contribution in [0.1, 0.15) is 27.2 Å². The van der Waals surface area contributed by atoms with Crippen molar-refractivity contribution in [2.24, 2.45) is 10.2 Å². The molecule has 0 saturated heterocycles. The van der Waals surface area contributed by atoms with E-state index in [-0.39, 0.29) is 22.4 Å². The predicted octanol–water partition coefficient (Wildman–Crippen LogP) is 4.56. The van der Waals surface area contributed by atoms with Gasteiger partial charge in [-0.3, -0.25) is 14.7 Å². The molecule has 0 saturated carbocycles. The molecular weight excluding hydrogens is 422 g/mol. The molecule has 33 heavy (non-hydrogen) atoms. The number of benzene rings is 2. The van der Waals surface area contributed by atoms with Crippen molar-refractivity contribution in [3.8, 4) is 16.8 Å². The number of nitrogens with one attached hydrogen (secondary N) is 2. The van der Waals surface area contributed by atoms with Crippen LogP contribution in [0.5, 0.6) is 0 Å². The summed E-state index contributed by atoms with van der Waals surface area (Å²) in [6, 6.07) is 13.6. The number of aromatic nitrogens is 3. The lowest BCUT2D eigenvalue weighted by Crippen LogP contribution is -2.14. The Hall–Kier alpha value is -4.53. The van der Waals surface area contributed by atoms with Crippen LogP contribution < -0.4 is 11.1 Å². The summed E-state index contributed by atoms with van der Waals surface area (Å²) in [5.74, 6) is -1.15. The van der Waals surface area contributed by atoms with E-state index in [1.54, 1.807) is 31.2 Å². The number of carboxylic acid groups (broad SMARTS) is 1. The number of aromatic amines is 2. The molecule has 4 aromatic rings. The summed E-state index contributed by atoms with van der Waals surface area (Å²) in [6.45, 7) is 5.71. The molecule has 2 aromatic heterocycles. The van der Waals surface area contributed by atoms with Crippen molar-refractivity contribution in [2.75, 3.05) is 0 Å². The standard InChI is InChI=1S/C24H21N5O4/c1-13-7-8-19(9-14(13)2)29-23(31)21(15(3)28-29)27-26-18-6-4-5-16(10-18)20-11-17(24(32)33)12-25-22(20)30/h4-12,28H,1-3H3,(H,25,30)(H,32,33). The van der Waals surface area contributed by atoms with E-state index >= 15 is 0 Å². The number of carbonyl (C=O) groups is 1. The molecule has 4 rings (SSSR count). The van der Waals surface area contributed by atoms with Crippen LogP contribution in [0, 0.1) is 20.8 Å². The van der Waals surface area contributed by atoms with Gasteiger partial charge in [-0.05, 0) is 67.8 Å². The molecular formula is C24H21N5O4. The quantitative estimate of drug-likeness (QED) is 0.390. The monoisotopic (exact) mass is 443 g/mol. The van der Waals surface area contributed by atoms with Gasteiger partial charge in [-0.2, -0.15) is 5.11 Å². The minimum Gasteiger partial charge on any atom is -0.478 e. The summed E-state index contributed by atoms with van der Waals surface area (Å²) in [5.41, 5.74) is 3.91. The second-order valence-corrected chi connectivity index (χ2v) is 7.68. The number of hydrogen-bond acceptors (Lipinski definition) is 5. The fourth-order valence-corrected chi connectivity index (χ4v) is 3.37. The molecule has 9 nitrogen and oxygen atoms in total.